The number of ether oxygens (including phenoxy) is 1. The summed E-state index contributed by atoms with van der Waals surface area (Å²) in [6.07, 6.45) is -4.33. The summed E-state index contributed by atoms with van der Waals surface area (Å²) in [6, 6.07) is 16.0. The second-order valence-corrected chi connectivity index (χ2v) is 6.62. The van der Waals surface area contributed by atoms with E-state index >= 15 is 0 Å². The summed E-state index contributed by atoms with van der Waals surface area (Å²) in [6.45, 7) is 2.07. The molecule has 0 aliphatic rings. The largest absolute Gasteiger partial charge is 0.462 e. The maximum Gasteiger partial charge on any atom is 0.416 e. The number of rotatable bonds is 4. The SMILES string of the molecule is CCOC(=O)c1ccc(-c2ccc(-c3ccc(C(F)(F)F)cc3)s2)cc1. The van der Waals surface area contributed by atoms with Crippen LogP contribution in [0.1, 0.15) is 22.8 Å². The zero-order chi connectivity index (χ0) is 18.7. The lowest BCUT2D eigenvalue weighted by atomic mass is 10.1. The summed E-state index contributed by atoms with van der Waals surface area (Å²) in [7, 11) is 0. The Kier molecular flexibility index (Phi) is 5.13. The van der Waals surface area contributed by atoms with Crippen molar-refractivity contribution in [1.29, 1.82) is 0 Å². The van der Waals surface area contributed by atoms with Crippen LogP contribution in [0.5, 0.6) is 0 Å². The fourth-order valence-electron chi connectivity index (χ4n) is 2.46. The Morgan fingerprint density at radius 1 is 0.885 bits per heavy atom. The van der Waals surface area contributed by atoms with Crippen molar-refractivity contribution in [2.24, 2.45) is 0 Å². The van der Waals surface area contributed by atoms with Crippen molar-refractivity contribution in [2.45, 2.75) is 13.1 Å². The maximum absolute atomic E-state index is 12.7. The van der Waals surface area contributed by atoms with Crippen LogP contribution in [0, 0.1) is 0 Å². The molecular formula is C20H15F3O2S. The molecule has 6 heteroatoms. The monoisotopic (exact) mass is 376 g/mol. The Bertz CT molecular complexity index is 894. The molecule has 134 valence electrons. The Morgan fingerprint density at radius 3 is 1.85 bits per heavy atom. The van der Waals surface area contributed by atoms with Crippen LogP contribution < -0.4 is 0 Å². The molecule has 0 saturated heterocycles. The van der Waals surface area contributed by atoms with E-state index in [9.17, 15) is 18.0 Å². The minimum atomic E-state index is -4.33. The van der Waals surface area contributed by atoms with E-state index in [0.29, 0.717) is 12.2 Å². The van der Waals surface area contributed by atoms with Crippen molar-refractivity contribution in [2.75, 3.05) is 6.61 Å². The molecule has 1 heterocycles. The molecular weight excluding hydrogens is 361 g/mol. The van der Waals surface area contributed by atoms with Gasteiger partial charge in [-0.3, -0.25) is 0 Å². The average Bonchev–Trinajstić information content (AvgIpc) is 3.11. The number of carbonyl (C=O) groups excluding carboxylic acids is 1. The molecule has 0 fully saturated rings. The highest BCUT2D eigenvalue weighted by Crippen LogP contribution is 2.36. The highest BCUT2D eigenvalue weighted by molar-refractivity contribution is 7.18. The Labute approximate surface area is 152 Å². The van der Waals surface area contributed by atoms with E-state index < -0.39 is 11.7 Å². The van der Waals surface area contributed by atoms with E-state index in [1.54, 1.807) is 19.1 Å². The van der Waals surface area contributed by atoms with Gasteiger partial charge in [-0.2, -0.15) is 13.2 Å². The molecule has 2 aromatic carbocycles. The first kappa shape index (κ1) is 18.2. The number of hydrogen-bond donors (Lipinski definition) is 0. The zero-order valence-corrected chi connectivity index (χ0v) is 14.7. The number of thiophene rings is 1. The predicted molar refractivity (Wildman–Crippen MR) is 96.1 cm³/mol. The molecule has 0 atom stereocenters. The molecule has 0 N–H and O–H groups in total. The lowest BCUT2D eigenvalue weighted by molar-refractivity contribution is -0.137. The van der Waals surface area contributed by atoms with Gasteiger partial charge in [-0.25, -0.2) is 4.79 Å². The van der Waals surface area contributed by atoms with Gasteiger partial charge in [-0.05, 0) is 54.4 Å². The van der Waals surface area contributed by atoms with Gasteiger partial charge in [0, 0.05) is 9.75 Å². The topological polar surface area (TPSA) is 26.3 Å². The van der Waals surface area contributed by atoms with Gasteiger partial charge in [-0.15, -0.1) is 11.3 Å². The number of hydrogen-bond acceptors (Lipinski definition) is 3. The third-order valence-electron chi connectivity index (χ3n) is 3.78. The minimum absolute atomic E-state index is 0.321. The first-order valence-electron chi connectivity index (χ1n) is 7.93. The quantitative estimate of drug-likeness (QED) is 0.501. The molecule has 2 nitrogen and oxygen atoms in total. The van der Waals surface area contributed by atoms with E-state index in [4.69, 9.17) is 4.74 Å². The van der Waals surface area contributed by atoms with Gasteiger partial charge >= 0.3 is 12.1 Å². The van der Waals surface area contributed by atoms with Crippen LogP contribution >= 0.6 is 11.3 Å². The molecule has 0 aliphatic carbocycles. The van der Waals surface area contributed by atoms with E-state index in [-0.39, 0.29) is 5.97 Å². The van der Waals surface area contributed by atoms with Crippen molar-refractivity contribution in [3.63, 3.8) is 0 Å². The van der Waals surface area contributed by atoms with E-state index in [0.717, 1.165) is 33.0 Å². The highest BCUT2D eigenvalue weighted by atomic mass is 32.1. The first-order chi connectivity index (χ1) is 12.4. The van der Waals surface area contributed by atoms with Gasteiger partial charge in [0.15, 0.2) is 0 Å². The number of esters is 1. The van der Waals surface area contributed by atoms with Crippen LogP contribution in [-0.4, -0.2) is 12.6 Å². The van der Waals surface area contributed by atoms with Gasteiger partial charge in [-0.1, -0.05) is 24.3 Å². The van der Waals surface area contributed by atoms with Crippen LogP contribution in [-0.2, 0) is 10.9 Å². The van der Waals surface area contributed by atoms with Crippen LogP contribution in [0.3, 0.4) is 0 Å². The number of benzene rings is 2. The maximum atomic E-state index is 12.7. The molecule has 0 saturated carbocycles. The molecule has 3 rings (SSSR count). The van der Waals surface area contributed by atoms with Gasteiger partial charge in [0.25, 0.3) is 0 Å². The van der Waals surface area contributed by atoms with Crippen LogP contribution in [0.4, 0.5) is 13.2 Å². The van der Waals surface area contributed by atoms with Crippen molar-refractivity contribution in [3.05, 3.63) is 71.8 Å². The number of carbonyl (C=O) groups is 1. The fraction of sp³-hybridized carbons (Fsp3) is 0.150. The van der Waals surface area contributed by atoms with Gasteiger partial charge < -0.3 is 4.74 Å². The van der Waals surface area contributed by atoms with Gasteiger partial charge in [0.1, 0.15) is 0 Å². The first-order valence-corrected chi connectivity index (χ1v) is 8.75. The van der Waals surface area contributed by atoms with Crippen LogP contribution in [0.2, 0.25) is 0 Å². The lowest BCUT2D eigenvalue weighted by Crippen LogP contribution is -2.03. The average molecular weight is 376 g/mol. The molecule has 0 radical (unpaired) electrons. The van der Waals surface area contributed by atoms with Crippen LogP contribution in [0.15, 0.2) is 60.7 Å². The standard InChI is InChI=1S/C20H15F3O2S/c1-2-25-19(24)15-5-3-13(4-6-15)17-11-12-18(26-17)14-7-9-16(10-8-14)20(21,22)23/h3-12H,2H2,1H3. The second-order valence-electron chi connectivity index (χ2n) is 5.54. The van der Waals surface area contributed by atoms with E-state index in [1.807, 2.05) is 24.3 Å². The second kappa shape index (κ2) is 7.33. The van der Waals surface area contributed by atoms with Gasteiger partial charge in [0.05, 0.1) is 17.7 Å². The predicted octanol–water partition coefficient (Wildman–Crippen LogP) is 6.28. The van der Waals surface area contributed by atoms with Crippen LogP contribution in [0.25, 0.3) is 20.9 Å². The van der Waals surface area contributed by atoms with Crippen molar-refractivity contribution < 1.29 is 22.7 Å². The zero-order valence-electron chi connectivity index (χ0n) is 13.8. The van der Waals surface area contributed by atoms with Crippen molar-refractivity contribution >= 4 is 17.3 Å². The molecule has 26 heavy (non-hydrogen) atoms. The van der Waals surface area contributed by atoms with E-state index in [1.165, 1.54) is 23.5 Å². The van der Waals surface area contributed by atoms with Crippen molar-refractivity contribution in [1.82, 2.24) is 0 Å². The molecule has 1 aromatic heterocycles. The molecule has 3 aromatic rings. The van der Waals surface area contributed by atoms with Gasteiger partial charge in [0.2, 0.25) is 0 Å². The third-order valence-corrected chi connectivity index (χ3v) is 4.97. The summed E-state index contributed by atoms with van der Waals surface area (Å²) in [5, 5.41) is 0. The summed E-state index contributed by atoms with van der Waals surface area (Å²) in [5.41, 5.74) is 1.49. The normalized spacial score (nSPS) is 11.4. The lowest BCUT2D eigenvalue weighted by Gasteiger charge is -2.06. The van der Waals surface area contributed by atoms with Crippen molar-refractivity contribution in [3.8, 4) is 20.9 Å². The molecule has 0 spiro atoms. The smallest absolute Gasteiger partial charge is 0.416 e. The summed E-state index contributed by atoms with van der Waals surface area (Å²) in [4.78, 5) is 13.5. The van der Waals surface area contributed by atoms with E-state index in [2.05, 4.69) is 0 Å². The highest BCUT2D eigenvalue weighted by Gasteiger charge is 2.30. The molecule has 0 unspecified atom stereocenters. The fourth-order valence-corrected chi connectivity index (χ4v) is 3.47. The number of halogens is 3. The Morgan fingerprint density at radius 2 is 1.38 bits per heavy atom. The Hall–Kier alpha value is -2.60. The minimum Gasteiger partial charge on any atom is -0.462 e. The number of alkyl halides is 3. The third kappa shape index (κ3) is 3.96. The summed E-state index contributed by atoms with van der Waals surface area (Å²) < 4.78 is 42.9. The molecule has 0 aliphatic heterocycles. The summed E-state index contributed by atoms with van der Waals surface area (Å²) >= 11 is 1.48. The summed E-state index contributed by atoms with van der Waals surface area (Å²) in [5.74, 6) is -0.365. The molecule has 0 bridgehead atoms. The molecule has 0 amide bonds. The Balaban J connectivity index is 1.80.